The highest BCUT2D eigenvalue weighted by molar-refractivity contribution is 6.04. The molecular weight excluding hydrogens is 352 g/mol. The van der Waals surface area contributed by atoms with Gasteiger partial charge >= 0.3 is 0 Å². The zero-order valence-electron chi connectivity index (χ0n) is 16.2. The molecule has 1 aromatic carbocycles. The predicted octanol–water partition coefficient (Wildman–Crippen LogP) is 2.63. The van der Waals surface area contributed by atoms with Crippen molar-refractivity contribution < 1.29 is 9.53 Å². The van der Waals surface area contributed by atoms with E-state index in [1.807, 2.05) is 30.3 Å². The number of aromatic nitrogens is 1. The van der Waals surface area contributed by atoms with Crippen LogP contribution in [0.4, 0.5) is 5.69 Å². The first-order chi connectivity index (χ1) is 13.8. The summed E-state index contributed by atoms with van der Waals surface area (Å²) in [6.45, 7) is 7.07. The average molecular weight is 380 g/mol. The van der Waals surface area contributed by atoms with Gasteiger partial charge in [0, 0.05) is 63.7 Å². The highest BCUT2D eigenvalue weighted by atomic mass is 16.5. The van der Waals surface area contributed by atoms with Crippen LogP contribution in [0, 0.1) is 0 Å². The summed E-state index contributed by atoms with van der Waals surface area (Å²) in [5.41, 5.74) is 2.57. The fourth-order valence-corrected chi connectivity index (χ4v) is 4.05. The molecule has 4 rings (SSSR count). The van der Waals surface area contributed by atoms with Gasteiger partial charge in [-0.3, -0.25) is 19.6 Å². The summed E-state index contributed by atoms with van der Waals surface area (Å²) in [7, 11) is 0. The number of nitrogens with one attached hydrogen (secondary N) is 1. The average Bonchev–Trinajstić information content (AvgIpc) is 2.76. The minimum atomic E-state index is -0.0980. The van der Waals surface area contributed by atoms with E-state index in [0.717, 1.165) is 58.8 Å². The first-order valence-corrected chi connectivity index (χ1v) is 10.1. The Morgan fingerprint density at radius 3 is 2.68 bits per heavy atom. The molecule has 0 radical (unpaired) electrons. The maximum absolute atomic E-state index is 12.5. The molecule has 3 heterocycles. The summed E-state index contributed by atoms with van der Waals surface area (Å²) in [5.74, 6) is -0.0980. The van der Waals surface area contributed by atoms with E-state index in [9.17, 15) is 4.79 Å². The molecule has 2 aliphatic rings. The maximum atomic E-state index is 12.5. The van der Waals surface area contributed by atoms with Crippen LogP contribution in [0.3, 0.4) is 0 Å². The van der Waals surface area contributed by atoms with E-state index in [1.165, 1.54) is 5.56 Å². The van der Waals surface area contributed by atoms with Gasteiger partial charge in [-0.05, 0) is 42.7 Å². The zero-order chi connectivity index (χ0) is 19.2. The summed E-state index contributed by atoms with van der Waals surface area (Å²) in [6.07, 6.45) is 5.67. The summed E-state index contributed by atoms with van der Waals surface area (Å²) < 4.78 is 5.49. The van der Waals surface area contributed by atoms with E-state index in [4.69, 9.17) is 4.74 Å². The highest BCUT2D eigenvalue weighted by Crippen LogP contribution is 2.18. The number of amides is 1. The highest BCUT2D eigenvalue weighted by Gasteiger charge is 2.25. The Bertz CT molecular complexity index is 769. The van der Waals surface area contributed by atoms with E-state index in [-0.39, 0.29) is 5.91 Å². The van der Waals surface area contributed by atoms with Crippen LogP contribution in [-0.2, 0) is 11.3 Å². The molecule has 1 amide bonds. The van der Waals surface area contributed by atoms with Gasteiger partial charge in [-0.25, -0.2) is 0 Å². The Labute approximate surface area is 166 Å². The van der Waals surface area contributed by atoms with Crippen molar-refractivity contribution >= 4 is 11.6 Å². The third-order valence-electron chi connectivity index (χ3n) is 5.63. The van der Waals surface area contributed by atoms with Crippen molar-refractivity contribution in [2.24, 2.45) is 0 Å². The topological polar surface area (TPSA) is 57.7 Å². The Kier molecular flexibility index (Phi) is 6.31. The number of hydrogen-bond donors (Lipinski definition) is 1. The lowest BCUT2D eigenvalue weighted by molar-refractivity contribution is 0.0126. The third kappa shape index (κ3) is 4.95. The molecule has 2 aromatic rings. The smallest absolute Gasteiger partial charge is 0.255 e. The number of carbonyl (C=O) groups is 1. The normalized spacial score (nSPS) is 19.4. The van der Waals surface area contributed by atoms with Crippen molar-refractivity contribution in [3.63, 3.8) is 0 Å². The Morgan fingerprint density at radius 1 is 1.11 bits per heavy atom. The van der Waals surface area contributed by atoms with Gasteiger partial charge in [0.1, 0.15) is 0 Å². The molecule has 1 N–H and O–H groups in total. The molecule has 0 atom stereocenters. The molecular formula is C22H28N4O2. The first-order valence-electron chi connectivity index (χ1n) is 10.1. The summed E-state index contributed by atoms with van der Waals surface area (Å²) in [5, 5.41) is 2.90. The Balaban J connectivity index is 1.31. The fraction of sp³-hybridized carbons (Fsp3) is 0.455. The van der Waals surface area contributed by atoms with Gasteiger partial charge < -0.3 is 10.1 Å². The van der Waals surface area contributed by atoms with Crippen LogP contribution in [0.1, 0.15) is 28.8 Å². The second-order valence-electron chi connectivity index (χ2n) is 7.55. The van der Waals surface area contributed by atoms with Gasteiger partial charge in [-0.1, -0.05) is 12.1 Å². The molecule has 2 aliphatic heterocycles. The van der Waals surface area contributed by atoms with Crippen molar-refractivity contribution in [2.75, 3.05) is 44.7 Å². The second-order valence-corrected chi connectivity index (χ2v) is 7.55. The van der Waals surface area contributed by atoms with E-state index in [0.29, 0.717) is 17.3 Å². The van der Waals surface area contributed by atoms with Crippen molar-refractivity contribution in [3.8, 4) is 0 Å². The predicted molar refractivity (Wildman–Crippen MR) is 109 cm³/mol. The van der Waals surface area contributed by atoms with Crippen molar-refractivity contribution in [1.82, 2.24) is 14.8 Å². The minimum Gasteiger partial charge on any atom is -0.381 e. The van der Waals surface area contributed by atoms with Gasteiger partial charge in [0.15, 0.2) is 0 Å². The van der Waals surface area contributed by atoms with Gasteiger partial charge in [0.05, 0.1) is 11.9 Å². The summed E-state index contributed by atoms with van der Waals surface area (Å²) in [6, 6.07) is 12.3. The lowest BCUT2D eigenvalue weighted by Gasteiger charge is -2.40. The summed E-state index contributed by atoms with van der Waals surface area (Å²) in [4.78, 5) is 21.6. The van der Waals surface area contributed by atoms with Crippen LogP contribution < -0.4 is 5.32 Å². The molecule has 0 bridgehead atoms. The number of piperazine rings is 1. The fourth-order valence-electron chi connectivity index (χ4n) is 4.05. The van der Waals surface area contributed by atoms with Gasteiger partial charge in [-0.15, -0.1) is 0 Å². The van der Waals surface area contributed by atoms with Crippen LogP contribution in [0.5, 0.6) is 0 Å². The molecule has 1 aromatic heterocycles. The number of nitrogens with zero attached hydrogens (tertiary/aromatic N) is 3. The number of carbonyl (C=O) groups excluding carboxylic acids is 1. The standard InChI is InChI=1S/C22H28N4O2/c27-22(24-20-5-2-8-23-16-20)19-4-1-3-18(15-19)17-25-9-11-26(12-10-25)21-6-13-28-14-7-21/h1-5,8,15-16,21H,6-7,9-14,17H2,(H,24,27). The lowest BCUT2D eigenvalue weighted by Crippen LogP contribution is -2.51. The molecule has 6 heteroatoms. The third-order valence-corrected chi connectivity index (χ3v) is 5.63. The van der Waals surface area contributed by atoms with Crippen molar-refractivity contribution in [3.05, 3.63) is 59.9 Å². The van der Waals surface area contributed by atoms with E-state index in [1.54, 1.807) is 12.4 Å². The van der Waals surface area contributed by atoms with Crippen LogP contribution >= 0.6 is 0 Å². The van der Waals surface area contributed by atoms with Crippen LogP contribution in [0.2, 0.25) is 0 Å². The SMILES string of the molecule is O=C(Nc1cccnc1)c1cccc(CN2CCN(C3CCOCC3)CC2)c1. The van der Waals surface area contributed by atoms with E-state index < -0.39 is 0 Å². The number of pyridine rings is 1. The first kappa shape index (κ1) is 19.1. The Morgan fingerprint density at radius 2 is 1.93 bits per heavy atom. The number of benzene rings is 1. The molecule has 28 heavy (non-hydrogen) atoms. The minimum absolute atomic E-state index is 0.0980. The van der Waals surface area contributed by atoms with Crippen LogP contribution in [0.25, 0.3) is 0 Å². The lowest BCUT2D eigenvalue weighted by atomic mass is 10.1. The quantitative estimate of drug-likeness (QED) is 0.864. The molecule has 0 aliphatic carbocycles. The number of anilines is 1. The molecule has 0 unspecified atom stereocenters. The Hall–Kier alpha value is -2.28. The van der Waals surface area contributed by atoms with Crippen molar-refractivity contribution in [2.45, 2.75) is 25.4 Å². The monoisotopic (exact) mass is 380 g/mol. The maximum Gasteiger partial charge on any atom is 0.255 e. The number of rotatable bonds is 5. The molecule has 2 fully saturated rings. The van der Waals surface area contributed by atoms with Crippen molar-refractivity contribution in [1.29, 1.82) is 0 Å². The number of hydrogen-bond acceptors (Lipinski definition) is 5. The molecule has 0 spiro atoms. The molecule has 6 nitrogen and oxygen atoms in total. The van der Waals surface area contributed by atoms with Crippen LogP contribution in [0.15, 0.2) is 48.8 Å². The number of ether oxygens (including phenoxy) is 1. The molecule has 0 saturated carbocycles. The molecule has 148 valence electrons. The van der Waals surface area contributed by atoms with E-state index >= 15 is 0 Å². The van der Waals surface area contributed by atoms with Crippen LogP contribution in [-0.4, -0.2) is 66.1 Å². The van der Waals surface area contributed by atoms with Gasteiger partial charge in [0.25, 0.3) is 5.91 Å². The molecule has 2 saturated heterocycles. The van der Waals surface area contributed by atoms with E-state index in [2.05, 4.69) is 26.2 Å². The summed E-state index contributed by atoms with van der Waals surface area (Å²) >= 11 is 0. The zero-order valence-corrected chi connectivity index (χ0v) is 16.2. The second kappa shape index (κ2) is 9.28. The largest absolute Gasteiger partial charge is 0.381 e. The van der Waals surface area contributed by atoms with Gasteiger partial charge in [0.2, 0.25) is 0 Å². The van der Waals surface area contributed by atoms with Gasteiger partial charge in [-0.2, -0.15) is 0 Å².